The maximum Gasteiger partial charge on any atom is 0.311 e. The van der Waals surface area contributed by atoms with Gasteiger partial charge in [0.25, 0.3) is 0 Å². The smallest absolute Gasteiger partial charge is 0.311 e. The van der Waals surface area contributed by atoms with Crippen molar-refractivity contribution in [1.82, 2.24) is 15.5 Å². The van der Waals surface area contributed by atoms with Crippen LogP contribution >= 0.6 is 0 Å². The van der Waals surface area contributed by atoms with Crippen LogP contribution in [0.2, 0.25) is 0 Å². The highest BCUT2D eigenvalue weighted by atomic mass is 16.2. The standard InChI is InChI=1S/C15H27N3O2/c1-11-8-12(2)10-13(9-11)17-14(19)15(20)18-6-3-4-16-5-7-18/h11-13,16H,3-10H2,1-2H3,(H,17,19). The van der Waals surface area contributed by atoms with Gasteiger partial charge in [0, 0.05) is 25.7 Å². The number of hydrogen-bond donors (Lipinski definition) is 2. The van der Waals surface area contributed by atoms with Crippen LogP contribution in [-0.4, -0.2) is 48.9 Å². The van der Waals surface area contributed by atoms with Crippen LogP contribution in [0.25, 0.3) is 0 Å². The summed E-state index contributed by atoms with van der Waals surface area (Å²) in [6.07, 6.45) is 4.12. The molecule has 20 heavy (non-hydrogen) atoms. The van der Waals surface area contributed by atoms with Crippen molar-refractivity contribution in [2.75, 3.05) is 26.2 Å². The second-order valence-corrected chi connectivity index (χ2v) is 6.48. The molecule has 0 bridgehead atoms. The Morgan fingerprint density at radius 3 is 2.45 bits per heavy atom. The lowest BCUT2D eigenvalue weighted by Gasteiger charge is -2.32. The molecule has 2 N–H and O–H groups in total. The number of carbonyl (C=O) groups excluding carboxylic acids is 2. The zero-order valence-corrected chi connectivity index (χ0v) is 12.7. The Hall–Kier alpha value is -1.10. The van der Waals surface area contributed by atoms with Crippen molar-refractivity contribution in [2.45, 2.75) is 45.6 Å². The molecule has 0 aromatic heterocycles. The van der Waals surface area contributed by atoms with E-state index in [1.807, 2.05) is 0 Å². The fourth-order valence-corrected chi connectivity index (χ4v) is 3.50. The number of amides is 2. The third kappa shape index (κ3) is 4.20. The molecule has 2 atom stereocenters. The molecule has 2 fully saturated rings. The Morgan fingerprint density at radius 2 is 1.75 bits per heavy atom. The molecular weight excluding hydrogens is 254 g/mol. The first-order valence-electron chi connectivity index (χ1n) is 7.86. The van der Waals surface area contributed by atoms with Crippen LogP contribution in [0.3, 0.4) is 0 Å². The fourth-order valence-electron chi connectivity index (χ4n) is 3.50. The lowest BCUT2D eigenvalue weighted by Crippen LogP contribution is -2.49. The lowest BCUT2D eigenvalue weighted by atomic mass is 9.80. The predicted molar refractivity (Wildman–Crippen MR) is 78.2 cm³/mol. The zero-order valence-electron chi connectivity index (χ0n) is 12.7. The predicted octanol–water partition coefficient (Wildman–Crippen LogP) is 0.749. The summed E-state index contributed by atoms with van der Waals surface area (Å²) in [5.41, 5.74) is 0. The van der Waals surface area contributed by atoms with Gasteiger partial charge in [0.15, 0.2) is 0 Å². The molecule has 1 aliphatic carbocycles. The minimum Gasteiger partial charge on any atom is -0.345 e. The minimum atomic E-state index is -0.418. The van der Waals surface area contributed by atoms with Gasteiger partial charge in [-0.3, -0.25) is 9.59 Å². The van der Waals surface area contributed by atoms with Gasteiger partial charge in [-0.15, -0.1) is 0 Å². The molecule has 2 rings (SSSR count). The molecule has 2 unspecified atom stereocenters. The molecule has 1 saturated carbocycles. The van der Waals surface area contributed by atoms with Gasteiger partial charge in [-0.2, -0.15) is 0 Å². The molecule has 1 heterocycles. The largest absolute Gasteiger partial charge is 0.345 e. The topological polar surface area (TPSA) is 61.4 Å². The number of carbonyl (C=O) groups is 2. The third-order valence-corrected chi connectivity index (χ3v) is 4.34. The highest BCUT2D eigenvalue weighted by Gasteiger charge is 2.29. The first kappa shape index (κ1) is 15.3. The van der Waals surface area contributed by atoms with Crippen molar-refractivity contribution < 1.29 is 9.59 Å². The van der Waals surface area contributed by atoms with E-state index in [2.05, 4.69) is 24.5 Å². The Kier molecular flexibility index (Phi) is 5.40. The molecule has 0 aromatic rings. The van der Waals surface area contributed by atoms with E-state index in [4.69, 9.17) is 0 Å². The normalized spacial score (nSPS) is 31.5. The van der Waals surface area contributed by atoms with Gasteiger partial charge >= 0.3 is 11.8 Å². The summed E-state index contributed by atoms with van der Waals surface area (Å²) in [6.45, 7) is 7.44. The Labute approximate surface area is 121 Å². The Balaban J connectivity index is 1.85. The van der Waals surface area contributed by atoms with Gasteiger partial charge < -0.3 is 15.5 Å². The number of nitrogens with one attached hydrogen (secondary N) is 2. The molecule has 0 radical (unpaired) electrons. The highest BCUT2D eigenvalue weighted by Crippen LogP contribution is 2.28. The van der Waals surface area contributed by atoms with Crippen LogP contribution in [0.5, 0.6) is 0 Å². The summed E-state index contributed by atoms with van der Waals surface area (Å²) < 4.78 is 0. The van der Waals surface area contributed by atoms with Crippen molar-refractivity contribution >= 4 is 11.8 Å². The molecule has 1 aliphatic heterocycles. The van der Waals surface area contributed by atoms with Crippen LogP contribution in [0.1, 0.15) is 39.5 Å². The highest BCUT2D eigenvalue weighted by molar-refractivity contribution is 6.35. The van der Waals surface area contributed by atoms with E-state index in [1.54, 1.807) is 4.90 Å². The summed E-state index contributed by atoms with van der Waals surface area (Å²) in [7, 11) is 0. The average Bonchev–Trinajstić information content (AvgIpc) is 2.65. The molecular formula is C15H27N3O2. The Bertz CT molecular complexity index is 341. The first-order valence-corrected chi connectivity index (χ1v) is 7.86. The summed E-state index contributed by atoms with van der Waals surface area (Å²) >= 11 is 0. The van der Waals surface area contributed by atoms with E-state index in [9.17, 15) is 9.59 Å². The van der Waals surface area contributed by atoms with Crippen molar-refractivity contribution in [2.24, 2.45) is 11.8 Å². The second-order valence-electron chi connectivity index (χ2n) is 6.48. The molecule has 2 amide bonds. The maximum absolute atomic E-state index is 12.2. The lowest BCUT2D eigenvalue weighted by molar-refractivity contribution is -0.146. The van der Waals surface area contributed by atoms with Gasteiger partial charge in [0.05, 0.1) is 0 Å². The molecule has 114 valence electrons. The van der Waals surface area contributed by atoms with E-state index in [0.717, 1.165) is 32.4 Å². The quantitative estimate of drug-likeness (QED) is 0.697. The molecule has 2 aliphatic rings. The number of rotatable bonds is 1. The van der Waals surface area contributed by atoms with Crippen LogP contribution < -0.4 is 10.6 Å². The van der Waals surface area contributed by atoms with Crippen LogP contribution in [0.15, 0.2) is 0 Å². The third-order valence-electron chi connectivity index (χ3n) is 4.34. The summed E-state index contributed by atoms with van der Waals surface area (Å²) in [5.74, 6) is 0.473. The molecule has 0 aromatic carbocycles. The SMILES string of the molecule is CC1CC(C)CC(NC(=O)C(=O)N2CCCNCC2)C1. The van der Waals surface area contributed by atoms with Crippen molar-refractivity contribution in [3.05, 3.63) is 0 Å². The van der Waals surface area contributed by atoms with Crippen molar-refractivity contribution in [1.29, 1.82) is 0 Å². The van der Waals surface area contributed by atoms with E-state index < -0.39 is 5.91 Å². The van der Waals surface area contributed by atoms with Crippen LogP contribution in [0, 0.1) is 11.8 Å². The van der Waals surface area contributed by atoms with Crippen LogP contribution in [-0.2, 0) is 9.59 Å². The van der Waals surface area contributed by atoms with E-state index in [0.29, 0.717) is 24.9 Å². The van der Waals surface area contributed by atoms with Gasteiger partial charge in [0.2, 0.25) is 0 Å². The van der Waals surface area contributed by atoms with Gasteiger partial charge in [-0.1, -0.05) is 13.8 Å². The summed E-state index contributed by atoms with van der Waals surface area (Å²) in [6, 6.07) is 0.162. The van der Waals surface area contributed by atoms with E-state index >= 15 is 0 Å². The molecule has 5 nitrogen and oxygen atoms in total. The monoisotopic (exact) mass is 281 g/mol. The van der Waals surface area contributed by atoms with Crippen molar-refractivity contribution in [3.8, 4) is 0 Å². The minimum absolute atomic E-state index is 0.162. The zero-order chi connectivity index (χ0) is 14.5. The summed E-state index contributed by atoms with van der Waals surface area (Å²) in [4.78, 5) is 26.0. The van der Waals surface area contributed by atoms with Gasteiger partial charge in [-0.05, 0) is 44.1 Å². The molecule has 0 spiro atoms. The number of nitrogens with zero attached hydrogens (tertiary/aromatic N) is 1. The maximum atomic E-state index is 12.2. The summed E-state index contributed by atoms with van der Waals surface area (Å²) in [5, 5.41) is 6.19. The second kappa shape index (κ2) is 7.07. The van der Waals surface area contributed by atoms with Crippen molar-refractivity contribution in [3.63, 3.8) is 0 Å². The van der Waals surface area contributed by atoms with E-state index in [-0.39, 0.29) is 11.9 Å². The number of hydrogen-bond acceptors (Lipinski definition) is 3. The Morgan fingerprint density at radius 1 is 1.05 bits per heavy atom. The van der Waals surface area contributed by atoms with Crippen LogP contribution in [0.4, 0.5) is 0 Å². The molecule has 5 heteroatoms. The molecule has 1 saturated heterocycles. The van der Waals surface area contributed by atoms with Gasteiger partial charge in [-0.25, -0.2) is 0 Å². The fraction of sp³-hybridized carbons (Fsp3) is 0.867. The first-order chi connectivity index (χ1) is 9.56. The van der Waals surface area contributed by atoms with E-state index in [1.165, 1.54) is 6.42 Å². The average molecular weight is 281 g/mol. The van der Waals surface area contributed by atoms with Gasteiger partial charge in [0.1, 0.15) is 0 Å².